The molecule has 3 N–H and O–H groups in total. The lowest BCUT2D eigenvalue weighted by molar-refractivity contribution is -0.142. The van der Waals surface area contributed by atoms with Crippen LogP contribution in [-0.2, 0) is 4.79 Å². The number of benzene rings is 1. The molecule has 1 aromatic carbocycles. The van der Waals surface area contributed by atoms with Crippen LogP contribution in [0.4, 0.5) is 10.5 Å². The second-order valence-electron chi connectivity index (χ2n) is 7.18. The summed E-state index contributed by atoms with van der Waals surface area (Å²) in [7, 11) is 2.09. The molecule has 1 fully saturated rings. The summed E-state index contributed by atoms with van der Waals surface area (Å²) < 4.78 is 0. The Balaban J connectivity index is 1.58. The van der Waals surface area contributed by atoms with Gasteiger partial charge in [-0.1, -0.05) is 18.2 Å². The first-order valence-electron chi connectivity index (χ1n) is 9.14. The van der Waals surface area contributed by atoms with E-state index in [1.54, 1.807) is 0 Å². The number of hydrogen-bond acceptors (Lipinski definition) is 3. The molecule has 25 heavy (non-hydrogen) atoms. The third kappa shape index (κ3) is 4.24. The molecule has 0 aromatic heterocycles. The average molecular weight is 345 g/mol. The quantitative estimate of drug-likeness (QED) is 0.787. The zero-order valence-corrected chi connectivity index (χ0v) is 14.7. The molecular weight excluding hydrogens is 318 g/mol. The molecule has 2 amide bonds. The fourth-order valence-electron chi connectivity index (χ4n) is 3.96. The summed E-state index contributed by atoms with van der Waals surface area (Å²) in [6.07, 6.45) is 4.68. The normalized spacial score (nSPS) is 26.3. The Morgan fingerprint density at radius 1 is 1.08 bits per heavy atom. The topological polar surface area (TPSA) is 81.7 Å². The molecule has 0 radical (unpaired) electrons. The number of aliphatic carboxylic acids is 1. The number of rotatable bonds is 3. The van der Waals surface area contributed by atoms with E-state index in [4.69, 9.17) is 5.11 Å². The Bertz CT molecular complexity index is 626. The van der Waals surface area contributed by atoms with Gasteiger partial charge in [0.25, 0.3) is 0 Å². The predicted octanol–water partition coefficient (Wildman–Crippen LogP) is 2.90. The molecule has 1 aliphatic heterocycles. The van der Waals surface area contributed by atoms with Crippen LogP contribution in [0, 0.1) is 5.92 Å². The number of nitrogens with one attached hydrogen (secondary N) is 2. The Labute approximate surface area is 148 Å². The number of urea groups is 1. The summed E-state index contributed by atoms with van der Waals surface area (Å²) in [4.78, 5) is 25.7. The molecule has 6 heteroatoms. The molecule has 136 valence electrons. The molecule has 1 saturated carbocycles. The SMILES string of the molecule is CN1CCCC(NC(=O)NC2CCC(C(=O)O)CC2)c2ccccc21. The summed E-state index contributed by atoms with van der Waals surface area (Å²) in [5.74, 6) is -0.979. The third-order valence-corrected chi connectivity index (χ3v) is 5.43. The summed E-state index contributed by atoms with van der Waals surface area (Å²) in [5, 5.41) is 15.2. The zero-order valence-electron chi connectivity index (χ0n) is 14.7. The van der Waals surface area contributed by atoms with Crippen LogP contribution in [-0.4, -0.2) is 36.7 Å². The minimum atomic E-state index is -0.720. The van der Waals surface area contributed by atoms with Gasteiger partial charge in [0, 0.05) is 25.3 Å². The third-order valence-electron chi connectivity index (χ3n) is 5.43. The van der Waals surface area contributed by atoms with Gasteiger partial charge in [-0.15, -0.1) is 0 Å². The number of anilines is 1. The highest BCUT2D eigenvalue weighted by Gasteiger charge is 2.28. The van der Waals surface area contributed by atoms with Crippen molar-refractivity contribution in [2.45, 2.75) is 50.6 Å². The number of para-hydroxylation sites is 1. The summed E-state index contributed by atoms with van der Waals surface area (Å²) in [5.41, 5.74) is 2.33. The van der Waals surface area contributed by atoms with Crippen LogP contribution in [0.15, 0.2) is 24.3 Å². The van der Waals surface area contributed by atoms with Gasteiger partial charge in [0.05, 0.1) is 12.0 Å². The Morgan fingerprint density at radius 2 is 1.80 bits per heavy atom. The van der Waals surface area contributed by atoms with Crippen molar-refractivity contribution in [1.29, 1.82) is 0 Å². The number of amides is 2. The van der Waals surface area contributed by atoms with E-state index in [1.807, 2.05) is 12.1 Å². The van der Waals surface area contributed by atoms with Crippen molar-refractivity contribution in [1.82, 2.24) is 10.6 Å². The number of fused-ring (bicyclic) bond motifs is 1. The minimum absolute atomic E-state index is 0.0107. The van der Waals surface area contributed by atoms with Gasteiger partial charge in [0.15, 0.2) is 0 Å². The van der Waals surface area contributed by atoms with Gasteiger partial charge in [-0.3, -0.25) is 4.79 Å². The number of carbonyl (C=O) groups excluding carboxylic acids is 1. The maximum atomic E-state index is 12.4. The highest BCUT2D eigenvalue weighted by atomic mass is 16.4. The summed E-state index contributed by atoms with van der Waals surface area (Å²) in [6.45, 7) is 0.982. The van der Waals surface area contributed by atoms with Crippen molar-refractivity contribution in [2.24, 2.45) is 5.92 Å². The van der Waals surface area contributed by atoms with E-state index >= 15 is 0 Å². The molecule has 0 saturated heterocycles. The number of carboxylic acid groups (broad SMARTS) is 1. The maximum Gasteiger partial charge on any atom is 0.315 e. The smallest absolute Gasteiger partial charge is 0.315 e. The first kappa shape index (κ1) is 17.6. The fourth-order valence-corrected chi connectivity index (χ4v) is 3.96. The standard InChI is InChI=1S/C19H27N3O3/c1-22-12-4-6-16(15-5-2-3-7-17(15)22)21-19(25)20-14-10-8-13(9-11-14)18(23)24/h2-3,5,7,13-14,16H,4,6,8-12H2,1H3,(H,23,24)(H2,20,21,25). The molecule has 3 rings (SSSR count). The van der Waals surface area contributed by atoms with Gasteiger partial charge < -0.3 is 20.6 Å². The van der Waals surface area contributed by atoms with Crippen molar-refractivity contribution in [3.8, 4) is 0 Å². The van der Waals surface area contributed by atoms with Gasteiger partial charge in [0.1, 0.15) is 0 Å². The molecule has 1 atom stereocenters. The zero-order chi connectivity index (χ0) is 17.8. The maximum absolute atomic E-state index is 12.4. The minimum Gasteiger partial charge on any atom is -0.481 e. The van der Waals surface area contributed by atoms with E-state index in [1.165, 1.54) is 5.69 Å². The molecule has 1 aromatic rings. The van der Waals surface area contributed by atoms with E-state index in [-0.39, 0.29) is 24.0 Å². The van der Waals surface area contributed by atoms with Crippen molar-refractivity contribution < 1.29 is 14.7 Å². The second kappa shape index (κ2) is 7.76. The molecule has 0 bridgehead atoms. The van der Waals surface area contributed by atoms with Crippen LogP contribution >= 0.6 is 0 Å². The lowest BCUT2D eigenvalue weighted by Crippen LogP contribution is -2.45. The number of carboxylic acids is 1. The van der Waals surface area contributed by atoms with Gasteiger partial charge in [-0.05, 0) is 50.2 Å². The lowest BCUT2D eigenvalue weighted by Gasteiger charge is -2.28. The predicted molar refractivity (Wildman–Crippen MR) is 96.7 cm³/mol. The van der Waals surface area contributed by atoms with E-state index in [0.717, 1.165) is 37.8 Å². The van der Waals surface area contributed by atoms with Gasteiger partial charge in [-0.25, -0.2) is 4.79 Å². The number of nitrogens with zero attached hydrogens (tertiary/aromatic N) is 1. The molecule has 6 nitrogen and oxygen atoms in total. The summed E-state index contributed by atoms with van der Waals surface area (Å²) >= 11 is 0. The van der Waals surface area contributed by atoms with Gasteiger partial charge in [0.2, 0.25) is 0 Å². The van der Waals surface area contributed by atoms with E-state index in [0.29, 0.717) is 12.8 Å². The molecular formula is C19H27N3O3. The largest absolute Gasteiger partial charge is 0.481 e. The van der Waals surface area contributed by atoms with Crippen LogP contribution < -0.4 is 15.5 Å². The van der Waals surface area contributed by atoms with Crippen LogP contribution in [0.2, 0.25) is 0 Å². The van der Waals surface area contributed by atoms with Gasteiger partial charge in [-0.2, -0.15) is 0 Å². The fraction of sp³-hybridized carbons (Fsp3) is 0.579. The lowest BCUT2D eigenvalue weighted by atomic mass is 9.86. The molecule has 1 heterocycles. The Kier molecular flexibility index (Phi) is 5.46. The first-order chi connectivity index (χ1) is 12.0. The Morgan fingerprint density at radius 3 is 2.52 bits per heavy atom. The molecule has 2 aliphatic rings. The summed E-state index contributed by atoms with van der Waals surface area (Å²) in [6, 6.07) is 8.15. The van der Waals surface area contributed by atoms with Crippen molar-refractivity contribution in [2.75, 3.05) is 18.5 Å². The van der Waals surface area contributed by atoms with Crippen LogP contribution in [0.25, 0.3) is 0 Å². The van der Waals surface area contributed by atoms with Crippen LogP contribution in [0.1, 0.15) is 50.1 Å². The van der Waals surface area contributed by atoms with Gasteiger partial charge >= 0.3 is 12.0 Å². The first-order valence-corrected chi connectivity index (χ1v) is 9.14. The highest BCUT2D eigenvalue weighted by Crippen LogP contribution is 2.32. The van der Waals surface area contributed by atoms with Crippen molar-refractivity contribution >= 4 is 17.7 Å². The van der Waals surface area contributed by atoms with Crippen molar-refractivity contribution in [3.05, 3.63) is 29.8 Å². The molecule has 1 unspecified atom stereocenters. The van der Waals surface area contributed by atoms with Crippen molar-refractivity contribution in [3.63, 3.8) is 0 Å². The molecule has 0 spiro atoms. The van der Waals surface area contributed by atoms with Crippen LogP contribution in [0.3, 0.4) is 0 Å². The average Bonchev–Trinajstić information content (AvgIpc) is 2.75. The van der Waals surface area contributed by atoms with E-state index in [9.17, 15) is 9.59 Å². The molecule has 1 aliphatic carbocycles. The number of hydrogen-bond donors (Lipinski definition) is 3. The Hall–Kier alpha value is -2.24. The van der Waals surface area contributed by atoms with E-state index < -0.39 is 5.97 Å². The van der Waals surface area contributed by atoms with E-state index in [2.05, 4.69) is 34.7 Å². The number of carbonyl (C=O) groups is 2. The second-order valence-corrected chi connectivity index (χ2v) is 7.18. The monoisotopic (exact) mass is 345 g/mol. The highest BCUT2D eigenvalue weighted by molar-refractivity contribution is 5.75. The van der Waals surface area contributed by atoms with Crippen LogP contribution in [0.5, 0.6) is 0 Å².